The number of hydrogen-bond acceptors (Lipinski definition) is 4. The molecule has 0 bridgehead atoms. The zero-order chi connectivity index (χ0) is 17.5. The van der Waals surface area contributed by atoms with Gasteiger partial charge in [0.05, 0.1) is 18.3 Å². The van der Waals surface area contributed by atoms with E-state index in [2.05, 4.69) is 5.32 Å². The highest BCUT2D eigenvalue weighted by Crippen LogP contribution is 2.27. The predicted octanol–water partition coefficient (Wildman–Crippen LogP) is 4.61. The van der Waals surface area contributed by atoms with Crippen LogP contribution in [0.2, 0.25) is 0 Å². The minimum atomic E-state index is -0.0976. The zero-order valence-corrected chi connectivity index (χ0v) is 15.2. The van der Waals surface area contributed by atoms with Gasteiger partial charge in [0, 0.05) is 22.9 Å². The van der Waals surface area contributed by atoms with Crippen molar-refractivity contribution in [2.45, 2.75) is 30.8 Å². The molecule has 1 amide bonds. The van der Waals surface area contributed by atoms with Crippen molar-refractivity contribution < 1.29 is 14.3 Å². The summed E-state index contributed by atoms with van der Waals surface area (Å²) in [5.74, 6) is 1.58. The normalized spacial score (nSPS) is 16.6. The number of amides is 1. The van der Waals surface area contributed by atoms with Gasteiger partial charge in [0.2, 0.25) is 0 Å². The third-order valence-corrected chi connectivity index (χ3v) is 5.21. The Kier molecular flexibility index (Phi) is 6.36. The van der Waals surface area contributed by atoms with Crippen molar-refractivity contribution in [1.82, 2.24) is 0 Å². The van der Waals surface area contributed by atoms with E-state index >= 15 is 0 Å². The van der Waals surface area contributed by atoms with Crippen molar-refractivity contribution in [2.24, 2.45) is 0 Å². The summed E-state index contributed by atoms with van der Waals surface area (Å²) in [7, 11) is 0. The summed E-state index contributed by atoms with van der Waals surface area (Å²) in [5, 5.41) is 2.96. The first kappa shape index (κ1) is 17.8. The molecule has 1 fully saturated rings. The number of carbonyl (C=O) groups is 1. The highest BCUT2D eigenvalue weighted by Gasteiger charge is 2.18. The number of anilines is 1. The fraction of sp³-hybridized carbons (Fsp3) is 0.350. The summed E-state index contributed by atoms with van der Waals surface area (Å²) in [4.78, 5) is 13.6. The van der Waals surface area contributed by atoms with E-state index in [4.69, 9.17) is 9.47 Å². The number of thioether (sulfide) groups is 1. The van der Waals surface area contributed by atoms with Crippen LogP contribution in [0.3, 0.4) is 0 Å². The minimum absolute atomic E-state index is 0.0976. The molecule has 1 aliphatic heterocycles. The van der Waals surface area contributed by atoms with Gasteiger partial charge in [-0.25, -0.2) is 0 Å². The Balaban J connectivity index is 1.64. The van der Waals surface area contributed by atoms with Crippen LogP contribution in [0.1, 0.15) is 30.1 Å². The van der Waals surface area contributed by atoms with Crippen molar-refractivity contribution in [1.29, 1.82) is 0 Å². The van der Waals surface area contributed by atoms with Crippen LogP contribution in [-0.2, 0) is 4.74 Å². The number of ether oxygens (including phenoxy) is 2. The largest absolute Gasteiger partial charge is 0.494 e. The van der Waals surface area contributed by atoms with E-state index in [1.165, 1.54) is 0 Å². The number of hydrogen-bond donors (Lipinski definition) is 1. The molecular formula is C20H23NO3S. The minimum Gasteiger partial charge on any atom is -0.494 e. The van der Waals surface area contributed by atoms with Crippen molar-refractivity contribution in [2.75, 3.05) is 24.3 Å². The molecule has 1 saturated heterocycles. The smallest absolute Gasteiger partial charge is 0.256 e. The van der Waals surface area contributed by atoms with Crippen LogP contribution >= 0.6 is 11.8 Å². The van der Waals surface area contributed by atoms with Gasteiger partial charge >= 0.3 is 0 Å². The quantitative estimate of drug-likeness (QED) is 0.735. The first-order valence-corrected chi connectivity index (χ1v) is 9.62. The third kappa shape index (κ3) is 5.00. The molecule has 3 rings (SSSR count). The van der Waals surface area contributed by atoms with Gasteiger partial charge in [-0.1, -0.05) is 12.1 Å². The van der Waals surface area contributed by atoms with E-state index in [0.29, 0.717) is 18.3 Å². The van der Waals surface area contributed by atoms with Crippen LogP contribution in [0.5, 0.6) is 5.75 Å². The number of benzene rings is 2. The molecule has 4 nitrogen and oxygen atoms in total. The molecule has 132 valence electrons. The second kappa shape index (κ2) is 8.92. The molecule has 1 heterocycles. The Morgan fingerprint density at radius 2 is 2.04 bits per heavy atom. The molecule has 0 radical (unpaired) electrons. The lowest BCUT2D eigenvalue weighted by Gasteiger charge is -2.12. The summed E-state index contributed by atoms with van der Waals surface area (Å²) in [6.45, 7) is 3.42. The predicted molar refractivity (Wildman–Crippen MR) is 102 cm³/mol. The molecular weight excluding hydrogens is 334 g/mol. The molecule has 2 aromatic carbocycles. The van der Waals surface area contributed by atoms with Gasteiger partial charge in [0.15, 0.2) is 0 Å². The monoisotopic (exact) mass is 357 g/mol. The SMILES string of the molecule is CCOc1ccc(NC(=O)c2ccccc2SC[C@H]2CCCO2)cc1. The Hall–Kier alpha value is -1.98. The van der Waals surface area contributed by atoms with Gasteiger partial charge in [-0.3, -0.25) is 4.79 Å². The average Bonchev–Trinajstić information content (AvgIpc) is 3.16. The molecule has 0 aromatic heterocycles. The summed E-state index contributed by atoms with van der Waals surface area (Å²) in [6.07, 6.45) is 2.53. The van der Waals surface area contributed by atoms with E-state index in [0.717, 1.165) is 41.5 Å². The van der Waals surface area contributed by atoms with E-state index in [-0.39, 0.29) is 5.91 Å². The van der Waals surface area contributed by atoms with E-state index in [1.807, 2.05) is 55.5 Å². The first-order chi connectivity index (χ1) is 12.3. The van der Waals surface area contributed by atoms with E-state index in [9.17, 15) is 4.79 Å². The Morgan fingerprint density at radius 1 is 1.24 bits per heavy atom. The fourth-order valence-corrected chi connectivity index (χ4v) is 3.86. The second-order valence-electron chi connectivity index (χ2n) is 5.85. The molecule has 0 saturated carbocycles. The average molecular weight is 357 g/mol. The second-order valence-corrected chi connectivity index (χ2v) is 6.92. The van der Waals surface area contributed by atoms with Gasteiger partial charge in [-0.15, -0.1) is 11.8 Å². The summed E-state index contributed by atoms with van der Waals surface area (Å²) < 4.78 is 11.1. The lowest BCUT2D eigenvalue weighted by atomic mass is 10.2. The van der Waals surface area contributed by atoms with E-state index < -0.39 is 0 Å². The van der Waals surface area contributed by atoms with Gasteiger partial charge < -0.3 is 14.8 Å². The first-order valence-electron chi connectivity index (χ1n) is 8.64. The lowest BCUT2D eigenvalue weighted by Crippen LogP contribution is -2.14. The molecule has 1 aliphatic rings. The van der Waals surface area contributed by atoms with Crippen LogP contribution in [0.15, 0.2) is 53.4 Å². The van der Waals surface area contributed by atoms with Crippen molar-refractivity contribution in [3.8, 4) is 5.75 Å². The summed E-state index contributed by atoms with van der Waals surface area (Å²) in [5.41, 5.74) is 1.45. The van der Waals surface area contributed by atoms with Gasteiger partial charge in [-0.05, 0) is 56.2 Å². The molecule has 1 atom stereocenters. The molecule has 0 aliphatic carbocycles. The maximum atomic E-state index is 12.7. The summed E-state index contributed by atoms with van der Waals surface area (Å²) in [6, 6.07) is 15.1. The van der Waals surface area contributed by atoms with Gasteiger partial charge in [-0.2, -0.15) is 0 Å². The Morgan fingerprint density at radius 3 is 2.76 bits per heavy atom. The van der Waals surface area contributed by atoms with Crippen LogP contribution in [0.4, 0.5) is 5.69 Å². The zero-order valence-electron chi connectivity index (χ0n) is 14.4. The number of nitrogens with one attached hydrogen (secondary N) is 1. The molecule has 0 spiro atoms. The van der Waals surface area contributed by atoms with Crippen molar-refractivity contribution in [3.63, 3.8) is 0 Å². The number of rotatable bonds is 7. The van der Waals surface area contributed by atoms with E-state index in [1.54, 1.807) is 11.8 Å². The Labute approximate surface area is 152 Å². The highest BCUT2D eigenvalue weighted by atomic mass is 32.2. The van der Waals surface area contributed by atoms with Crippen molar-refractivity contribution >= 4 is 23.4 Å². The number of carbonyl (C=O) groups excluding carboxylic acids is 1. The fourth-order valence-electron chi connectivity index (χ4n) is 2.74. The van der Waals surface area contributed by atoms with Crippen LogP contribution < -0.4 is 10.1 Å². The van der Waals surface area contributed by atoms with Crippen LogP contribution in [0, 0.1) is 0 Å². The lowest BCUT2D eigenvalue weighted by molar-refractivity contribution is 0.102. The maximum Gasteiger partial charge on any atom is 0.256 e. The molecule has 2 aromatic rings. The maximum absolute atomic E-state index is 12.7. The van der Waals surface area contributed by atoms with Gasteiger partial charge in [0.25, 0.3) is 5.91 Å². The molecule has 5 heteroatoms. The standard InChI is InChI=1S/C20H23NO3S/c1-2-23-16-11-9-15(10-12-16)21-20(22)18-7-3-4-8-19(18)25-14-17-6-5-13-24-17/h3-4,7-12,17H,2,5-6,13-14H2,1H3,(H,21,22)/t17-/m1/s1. The summed E-state index contributed by atoms with van der Waals surface area (Å²) >= 11 is 1.69. The van der Waals surface area contributed by atoms with Crippen molar-refractivity contribution in [3.05, 3.63) is 54.1 Å². The molecule has 0 unspecified atom stereocenters. The topological polar surface area (TPSA) is 47.6 Å². The van der Waals surface area contributed by atoms with Gasteiger partial charge in [0.1, 0.15) is 5.75 Å². The molecule has 25 heavy (non-hydrogen) atoms. The molecule has 1 N–H and O–H groups in total. The third-order valence-electron chi connectivity index (χ3n) is 4.00. The highest BCUT2D eigenvalue weighted by molar-refractivity contribution is 7.99. The van der Waals surface area contributed by atoms with Crippen LogP contribution in [-0.4, -0.2) is 31.0 Å². The van der Waals surface area contributed by atoms with Crippen LogP contribution in [0.25, 0.3) is 0 Å². The Bertz CT molecular complexity index is 696.